The summed E-state index contributed by atoms with van der Waals surface area (Å²) in [5, 5.41) is 10.9. The molecule has 2 unspecified atom stereocenters. The maximum Gasteiger partial charge on any atom is 0.123 e. The highest BCUT2D eigenvalue weighted by Crippen LogP contribution is 2.39. The summed E-state index contributed by atoms with van der Waals surface area (Å²) >= 11 is 0. The number of piperidine rings is 2. The lowest BCUT2D eigenvalue weighted by atomic mass is 9.73. The summed E-state index contributed by atoms with van der Waals surface area (Å²) in [4.78, 5) is 2.45. The third-order valence-electron chi connectivity index (χ3n) is 4.90. The maximum absolute atomic E-state index is 12.9. The van der Waals surface area contributed by atoms with Crippen molar-refractivity contribution in [2.24, 2.45) is 0 Å². The number of halogens is 1. The van der Waals surface area contributed by atoms with Crippen LogP contribution >= 0.6 is 0 Å². The van der Waals surface area contributed by atoms with Gasteiger partial charge in [0.15, 0.2) is 0 Å². The minimum atomic E-state index is -0.611. The van der Waals surface area contributed by atoms with Gasteiger partial charge in [0.25, 0.3) is 0 Å². The van der Waals surface area contributed by atoms with Crippen LogP contribution in [0.15, 0.2) is 24.3 Å². The van der Waals surface area contributed by atoms with Crippen molar-refractivity contribution in [3.63, 3.8) is 0 Å². The van der Waals surface area contributed by atoms with Gasteiger partial charge in [-0.25, -0.2) is 4.39 Å². The molecule has 2 aliphatic rings. The van der Waals surface area contributed by atoms with Crippen LogP contribution in [0.4, 0.5) is 4.39 Å². The average molecular weight is 263 g/mol. The molecule has 0 saturated carbocycles. The van der Waals surface area contributed by atoms with E-state index in [0.717, 1.165) is 18.4 Å². The van der Waals surface area contributed by atoms with E-state index in [1.54, 1.807) is 12.1 Å². The molecule has 0 radical (unpaired) electrons. The van der Waals surface area contributed by atoms with Gasteiger partial charge in [-0.2, -0.15) is 0 Å². The predicted molar refractivity (Wildman–Crippen MR) is 73.5 cm³/mol. The first kappa shape index (κ1) is 13.1. The largest absolute Gasteiger partial charge is 0.389 e. The lowest BCUT2D eigenvalue weighted by Crippen LogP contribution is -2.57. The number of fused-ring (bicyclic) bond motifs is 2. The van der Waals surface area contributed by atoms with Gasteiger partial charge in [0, 0.05) is 18.5 Å². The summed E-state index contributed by atoms with van der Waals surface area (Å²) in [6.07, 6.45) is 6.01. The molecular weight excluding hydrogens is 241 g/mol. The molecule has 19 heavy (non-hydrogen) atoms. The van der Waals surface area contributed by atoms with Gasteiger partial charge < -0.3 is 10.0 Å². The van der Waals surface area contributed by atoms with E-state index in [1.165, 1.54) is 31.4 Å². The minimum Gasteiger partial charge on any atom is -0.389 e. The molecule has 1 aromatic rings. The molecule has 2 bridgehead atoms. The zero-order valence-electron chi connectivity index (χ0n) is 11.5. The summed E-state index contributed by atoms with van der Waals surface area (Å²) in [6.45, 7) is 0. The number of benzene rings is 1. The zero-order chi connectivity index (χ0) is 13.5. The van der Waals surface area contributed by atoms with E-state index >= 15 is 0 Å². The Hall–Kier alpha value is -0.930. The van der Waals surface area contributed by atoms with Crippen LogP contribution in [0.2, 0.25) is 0 Å². The summed E-state index contributed by atoms with van der Waals surface area (Å²) in [5.74, 6) is -0.212. The number of hydrogen-bond acceptors (Lipinski definition) is 2. The fourth-order valence-corrected chi connectivity index (χ4v) is 3.87. The third kappa shape index (κ3) is 2.67. The van der Waals surface area contributed by atoms with Crippen molar-refractivity contribution in [3.05, 3.63) is 35.6 Å². The highest BCUT2D eigenvalue weighted by atomic mass is 19.1. The molecule has 0 amide bonds. The molecule has 3 rings (SSSR count). The van der Waals surface area contributed by atoms with Gasteiger partial charge in [0.05, 0.1) is 5.60 Å². The Balaban J connectivity index is 1.75. The smallest absolute Gasteiger partial charge is 0.123 e. The van der Waals surface area contributed by atoms with Gasteiger partial charge in [-0.05, 0) is 50.4 Å². The van der Waals surface area contributed by atoms with Crippen LogP contribution < -0.4 is 0 Å². The number of aliphatic hydroxyl groups is 1. The molecule has 2 fully saturated rings. The molecule has 0 aromatic heterocycles. The molecule has 1 aromatic carbocycles. The standard InChI is InChI=1S/C16H22FNO/c1-18-14-3-2-4-15(18)11-16(19,10-14)9-12-5-7-13(17)8-6-12/h5-8,14-15,19H,2-4,9-11H2,1H3. The van der Waals surface area contributed by atoms with Crippen LogP contribution in [0, 0.1) is 5.82 Å². The van der Waals surface area contributed by atoms with Gasteiger partial charge in [-0.15, -0.1) is 0 Å². The van der Waals surface area contributed by atoms with Crippen LogP contribution in [0.25, 0.3) is 0 Å². The van der Waals surface area contributed by atoms with E-state index in [1.807, 2.05) is 0 Å². The van der Waals surface area contributed by atoms with E-state index in [0.29, 0.717) is 18.5 Å². The van der Waals surface area contributed by atoms with Gasteiger partial charge >= 0.3 is 0 Å². The fourth-order valence-electron chi connectivity index (χ4n) is 3.87. The molecule has 0 spiro atoms. The van der Waals surface area contributed by atoms with Crippen molar-refractivity contribution in [1.82, 2.24) is 4.90 Å². The van der Waals surface area contributed by atoms with E-state index in [4.69, 9.17) is 0 Å². The molecule has 2 atom stereocenters. The van der Waals surface area contributed by atoms with E-state index < -0.39 is 5.60 Å². The van der Waals surface area contributed by atoms with E-state index in [9.17, 15) is 9.50 Å². The minimum absolute atomic E-state index is 0.212. The Morgan fingerprint density at radius 2 is 1.79 bits per heavy atom. The van der Waals surface area contributed by atoms with E-state index in [-0.39, 0.29) is 5.82 Å². The van der Waals surface area contributed by atoms with Gasteiger partial charge in [0.2, 0.25) is 0 Å². The van der Waals surface area contributed by atoms with Crippen molar-refractivity contribution < 1.29 is 9.50 Å². The highest BCUT2D eigenvalue weighted by Gasteiger charge is 2.43. The lowest BCUT2D eigenvalue weighted by Gasteiger charge is -2.50. The maximum atomic E-state index is 12.9. The molecule has 2 heterocycles. The Morgan fingerprint density at radius 1 is 1.21 bits per heavy atom. The van der Waals surface area contributed by atoms with Gasteiger partial charge in [-0.1, -0.05) is 18.6 Å². The highest BCUT2D eigenvalue weighted by molar-refractivity contribution is 5.19. The topological polar surface area (TPSA) is 23.5 Å². The zero-order valence-corrected chi connectivity index (χ0v) is 11.5. The molecule has 2 aliphatic heterocycles. The van der Waals surface area contributed by atoms with Crippen molar-refractivity contribution in [1.29, 1.82) is 0 Å². The first-order valence-electron chi connectivity index (χ1n) is 7.24. The predicted octanol–water partition coefficient (Wildman–Crippen LogP) is 2.75. The van der Waals surface area contributed by atoms with Crippen molar-refractivity contribution in [3.8, 4) is 0 Å². The Bertz CT molecular complexity index is 431. The van der Waals surface area contributed by atoms with Gasteiger partial charge in [0.1, 0.15) is 5.82 Å². The molecular formula is C16H22FNO. The lowest BCUT2D eigenvalue weighted by molar-refractivity contribution is -0.0820. The second-order valence-corrected chi connectivity index (χ2v) is 6.34. The summed E-state index contributed by atoms with van der Waals surface area (Å²) < 4.78 is 12.9. The molecule has 0 aliphatic carbocycles. The third-order valence-corrected chi connectivity index (χ3v) is 4.90. The molecule has 1 N–H and O–H groups in total. The van der Waals surface area contributed by atoms with E-state index in [2.05, 4.69) is 11.9 Å². The van der Waals surface area contributed by atoms with Crippen LogP contribution in [-0.4, -0.2) is 34.7 Å². The summed E-state index contributed by atoms with van der Waals surface area (Å²) in [7, 11) is 2.19. The monoisotopic (exact) mass is 263 g/mol. The second-order valence-electron chi connectivity index (χ2n) is 6.34. The van der Waals surface area contributed by atoms with Crippen molar-refractivity contribution >= 4 is 0 Å². The second kappa shape index (κ2) is 4.88. The summed E-state index contributed by atoms with van der Waals surface area (Å²) in [5.41, 5.74) is 0.423. The first-order chi connectivity index (χ1) is 9.06. The molecule has 104 valence electrons. The van der Waals surface area contributed by atoms with Crippen LogP contribution in [0.5, 0.6) is 0 Å². The summed E-state index contributed by atoms with van der Waals surface area (Å²) in [6, 6.07) is 7.57. The molecule has 3 heteroatoms. The average Bonchev–Trinajstić information content (AvgIpc) is 2.35. The number of hydrogen-bond donors (Lipinski definition) is 1. The molecule has 2 saturated heterocycles. The Morgan fingerprint density at radius 3 is 2.37 bits per heavy atom. The van der Waals surface area contributed by atoms with Crippen LogP contribution in [0.1, 0.15) is 37.7 Å². The van der Waals surface area contributed by atoms with Crippen molar-refractivity contribution in [2.45, 2.75) is 56.2 Å². The Labute approximate surface area is 114 Å². The number of rotatable bonds is 2. The number of nitrogens with zero attached hydrogens (tertiary/aromatic N) is 1. The van der Waals surface area contributed by atoms with Crippen molar-refractivity contribution in [2.75, 3.05) is 7.05 Å². The van der Waals surface area contributed by atoms with Crippen LogP contribution in [0.3, 0.4) is 0 Å². The van der Waals surface area contributed by atoms with Gasteiger partial charge in [-0.3, -0.25) is 0 Å². The quantitative estimate of drug-likeness (QED) is 0.887. The fraction of sp³-hybridized carbons (Fsp3) is 0.625. The van der Waals surface area contributed by atoms with Crippen LogP contribution in [-0.2, 0) is 6.42 Å². The Kier molecular flexibility index (Phi) is 3.35. The first-order valence-corrected chi connectivity index (χ1v) is 7.24. The normalized spacial score (nSPS) is 35.3. The SMILES string of the molecule is CN1C2CCCC1CC(O)(Cc1ccc(F)cc1)C2. The molecule has 2 nitrogen and oxygen atoms in total.